The zero-order chi connectivity index (χ0) is 17.1. The first-order valence-electron chi connectivity index (χ1n) is 7.40. The van der Waals surface area contributed by atoms with Crippen molar-refractivity contribution in [2.45, 2.75) is 32.0 Å². The maximum Gasteiger partial charge on any atom is 0.328 e. The number of benzene rings is 1. The van der Waals surface area contributed by atoms with Crippen LogP contribution in [0.25, 0.3) is 0 Å². The molecule has 1 aliphatic rings. The predicted molar refractivity (Wildman–Crippen MR) is 82.6 cm³/mol. The van der Waals surface area contributed by atoms with E-state index in [9.17, 15) is 14.0 Å². The van der Waals surface area contributed by atoms with E-state index in [1.807, 2.05) is 0 Å². The van der Waals surface area contributed by atoms with Gasteiger partial charge in [-0.05, 0) is 25.1 Å². The Hall–Kier alpha value is -2.97. The number of nitrogens with zero attached hydrogens (tertiary/aromatic N) is 3. The summed E-state index contributed by atoms with van der Waals surface area (Å²) >= 11 is 0. The summed E-state index contributed by atoms with van der Waals surface area (Å²) in [4.78, 5) is 27.3. The largest absolute Gasteiger partial charge is 0.461 e. The van der Waals surface area contributed by atoms with Crippen molar-refractivity contribution < 1.29 is 18.7 Å². The van der Waals surface area contributed by atoms with E-state index in [-0.39, 0.29) is 24.3 Å². The van der Waals surface area contributed by atoms with Gasteiger partial charge in [0.2, 0.25) is 5.91 Å². The van der Waals surface area contributed by atoms with Crippen LogP contribution in [0.15, 0.2) is 30.9 Å². The van der Waals surface area contributed by atoms with Crippen molar-refractivity contribution in [3.05, 3.63) is 36.7 Å². The molecular formula is C15H16FN5O3. The highest BCUT2D eigenvalue weighted by Crippen LogP contribution is 2.23. The Labute approximate surface area is 137 Å². The summed E-state index contributed by atoms with van der Waals surface area (Å²) in [6, 6.07) is 3.67. The summed E-state index contributed by atoms with van der Waals surface area (Å²) in [5, 5.41) is 9.27. The number of ether oxygens (including phenoxy) is 1. The number of rotatable bonds is 5. The van der Waals surface area contributed by atoms with Gasteiger partial charge >= 0.3 is 5.97 Å². The van der Waals surface area contributed by atoms with Crippen molar-refractivity contribution in [1.82, 2.24) is 14.8 Å². The molecule has 1 aromatic carbocycles. The fourth-order valence-electron chi connectivity index (χ4n) is 2.44. The molecule has 1 saturated heterocycles. The molecular weight excluding hydrogens is 317 g/mol. The summed E-state index contributed by atoms with van der Waals surface area (Å²) in [5.74, 6) is -1.36. The van der Waals surface area contributed by atoms with Crippen LogP contribution in [0.3, 0.4) is 0 Å². The number of hydrogen-bond donors (Lipinski definition) is 2. The molecule has 3 rings (SSSR count). The number of cyclic esters (lactones) is 1. The van der Waals surface area contributed by atoms with Crippen molar-refractivity contribution in [2.24, 2.45) is 0 Å². The third kappa shape index (κ3) is 3.67. The average molecular weight is 333 g/mol. The summed E-state index contributed by atoms with van der Waals surface area (Å²) in [5.41, 5.74) is 0.535. The first-order chi connectivity index (χ1) is 11.5. The second-order valence-electron chi connectivity index (χ2n) is 5.52. The minimum Gasteiger partial charge on any atom is -0.461 e. The quantitative estimate of drug-likeness (QED) is 0.797. The Morgan fingerprint density at radius 3 is 3.00 bits per heavy atom. The van der Waals surface area contributed by atoms with E-state index in [1.165, 1.54) is 35.5 Å². The van der Waals surface area contributed by atoms with E-state index in [1.54, 1.807) is 6.92 Å². The lowest BCUT2D eigenvalue weighted by atomic mass is 10.1. The van der Waals surface area contributed by atoms with E-state index in [4.69, 9.17) is 4.74 Å². The second kappa shape index (κ2) is 6.65. The molecule has 0 bridgehead atoms. The lowest BCUT2D eigenvalue weighted by Gasteiger charge is -2.13. The number of nitrogens with one attached hydrogen (secondary N) is 2. The molecule has 0 spiro atoms. The van der Waals surface area contributed by atoms with Gasteiger partial charge in [-0.25, -0.2) is 18.9 Å². The van der Waals surface area contributed by atoms with Crippen molar-refractivity contribution in [2.75, 3.05) is 10.6 Å². The van der Waals surface area contributed by atoms with Gasteiger partial charge in [-0.2, -0.15) is 5.10 Å². The number of aromatic nitrogens is 3. The molecule has 1 amide bonds. The van der Waals surface area contributed by atoms with Crippen molar-refractivity contribution >= 4 is 23.3 Å². The summed E-state index contributed by atoms with van der Waals surface area (Å²) in [6.45, 7) is 1.73. The van der Waals surface area contributed by atoms with Gasteiger partial charge in [0.15, 0.2) is 0 Å². The Morgan fingerprint density at radius 2 is 2.33 bits per heavy atom. The third-order valence-electron chi connectivity index (χ3n) is 3.52. The van der Waals surface area contributed by atoms with E-state index in [0.717, 1.165) is 0 Å². The highest BCUT2D eigenvalue weighted by Gasteiger charge is 2.31. The molecule has 2 atom stereocenters. The third-order valence-corrected chi connectivity index (χ3v) is 3.52. The highest BCUT2D eigenvalue weighted by atomic mass is 19.1. The van der Waals surface area contributed by atoms with Crippen LogP contribution in [0.5, 0.6) is 0 Å². The number of carbonyl (C=O) groups is 2. The number of hydrogen-bond acceptors (Lipinski definition) is 6. The summed E-state index contributed by atoms with van der Waals surface area (Å²) in [7, 11) is 0. The summed E-state index contributed by atoms with van der Waals surface area (Å²) < 4.78 is 20.3. The number of halogens is 1. The van der Waals surface area contributed by atoms with E-state index >= 15 is 0 Å². The van der Waals surface area contributed by atoms with Gasteiger partial charge < -0.3 is 15.4 Å². The molecule has 1 fully saturated rings. The molecule has 2 N–H and O–H groups in total. The predicted octanol–water partition coefficient (Wildman–Crippen LogP) is 1.17. The van der Waals surface area contributed by atoms with Gasteiger partial charge in [-0.15, -0.1) is 0 Å². The zero-order valence-electron chi connectivity index (χ0n) is 12.9. The Morgan fingerprint density at radius 1 is 1.50 bits per heavy atom. The molecule has 2 aromatic rings. The average Bonchev–Trinajstić information content (AvgIpc) is 3.12. The van der Waals surface area contributed by atoms with Gasteiger partial charge in [0.25, 0.3) is 0 Å². The van der Waals surface area contributed by atoms with Crippen LogP contribution in [0, 0.1) is 5.82 Å². The minimum atomic E-state index is -0.574. The Bertz CT molecular complexity index is 750. The van der Waals surface area contributed by atoms with Crippen molar-refractivity contribution in [3.8, 4) is 0 Å². The molecule has 9 heteroatoms. The molecule has 24 heavy (non-hydrogen) atoms. The van der Waals surface area contributed by atoms with Crippen LogP contribution in [-0.2, 0) is 20.9 Å². The Balaban J connectivity index is 1.67. The minimum absolute atomic E-state index is 0.0181. The monoisotopic (exact) mass is 333 g/mol. The molecule has 1 aromatic heterocycles. The van der Waals surface area contributed by atoms with Gasteiger partial charge in [0, 0.05) is 12.1 Å². The molecule has 0 saturated carbocycles. The van der Waals surface area contributed by atoms with Crippen LogP contribution in [0.2, 0.25) is 0 Å². The zero-order valence-corrected chi connectivity index (χ0v) is 12.9. The molecule has 2 unspecified atom stereocenters. The summed E-state index contributed by atoms with van der Waals surface area (Å²) in [6.07, 6.45) is 3.07. The highest BCUT2D eigenvalue weighted by molar-refractivity contribution is 5.91. The maximum absolute atomic E-state index is 13.9. The number of esters is 1. The molecule has 0 aliphatic carbocycles. The van der Waals surface area contributed by atoms with Crippen molar-refractivity contribution in [3.63, 3.8) is 0 Å². The van der Waals surface area contributed by atoms with Crippen molar-refractivity contribution in [1.29, 1.82) is 0 Å². The van der Waals surface area contributed by atoms with Crippen LogP contribution >= 0.6 is 0 Å². The topological polar surface area (TPSA) is 98.1 Å². The lowest BCUT2D eigenvalue weighted by Crippen LogP contribution is -2.24. The van der Waals surface area contributed by atoms with Gasteiger partial charge in [-0.3, -0.25) is 4.79 Å². The molecule has 1 aliphatic heterocycles. The Kier molecular flexibility index (Phi) is 4.41. The second-order valence-corrected chi connectivity index (χ2v) is 5.52. The standard InChI is InChI=1S/C15H16FN5O3/c1-9-4-13(15(23)24-9)19-10-2-3-11(16)12(5-10)20-14(22)6-21-8-17-7-18-21/h2-3,5,7-9,13,19H,4,6H2,1H3,(H,20,22). The number of amides is 1. The van der Waals surface area contributed by atoms with E-state index in [2.05, 4.69) is 20.7 Å². The smallest absolute Gasteiger partial charge is 0.328 e. The van der Waals surface area contributed by atoms with Crippen LogP contribution in [-0.4, -0.2) is 38.8 Å². The molecule has 2 heterocycles. The van der Waals surface area contributed by atoms with Gasteiger partial charge in [0.05, 0.1) is 5.69 Å². The number of carbonyl (C=O) groups excluding carboxylic acids is 2. The van der Waals surface area contributed by atoms with Crippen LogP contribution in [0.4, 0.5) is 15.8 Å². The van der Waals surface area contributed by atoms with Gasteiger partial charge in [-0.1, -0.05) is 0 Å². The molecule has 0 radical (unpaired) electrons. The van der Waals surface area contributed by atoms with E-state index < -0.39 is 17.8 Å². The first kappa shape index (κ1) is 15.9. The number of anilines is 2. The van der Waals surface area contributed by atoms with Crippen LogP contribution < -0.4 is 10.6 Å². The van der Waals surface area contributed by atoms with E-state index in [0.29, 0.717) is 12.1 Å². The molecule has 8 nitrogen and oxygen atoms in total. The lowest BCUT2D eigenvalue weighted by molar-refractivity contribution is -0.141. The fourth-order valence-corrected chi connectivity index (χ4v) is 2.44. The maximum atomic E-state index is 13.9. The normalized spacial score (nSPS) is 19.8. The van der Waals surface area contributed by atoms with Gasteiger partial charge in [0.1, 0.15) is 37.2 Å². The molecule has 126 valence electrons. The SMILES string of the molecule is CC1CC(Nc2ccc(F)c(NC(=O)Cn3cncn3)c2)C(=O)O1. The fraction of sp³-hybridized carbons (Fsp3) is 0.333. The van der Waals surface area contributed by atoms with Crippen LogP contribution in [0.1, 0.15) is 13.3 Å². The first-order valence-corrected chi connectivity index (χ1v) is 7.40.